The molecule has 3 aromatic rings. The summed E-state index contributed by atoms with van der Waals surface area (Å²) in [5, 5.41) is 3.39. The number of fused-ring (bicyclic) bond motifs is 1. The Kier molecular flexibility index (Phi) is 7.32. The van der Waals surface area contributed by atoms with Gasteiger partial charge in [-0.05, 0) is 62.2 Å². The van der Waals surface area contributed by atoms with Crippen molar-refractivity contribution in [3.05, 3.63) is 58.6 Å². The van der Waals surface area contributed by atoms with Gasteiger partial charge in [0, 0.05) is 42.2 Å². The second-order valence-electron chi connectivity index (χ2n) is 8.91. The molecule has 0 bridgehead atoms. The van der Waals surface area contributed by atoms with Crippen LogP contribution in [0.15, 0.2) is 42.5 Å². The summed E-state index contributed by atoms with van der Waals surface area (Å²) in [6.45, 7) is 1.90. The predicted molar refractivity (Wildman–Crippen MR) is 133 cm³/mol. The van der Waals surface area contributed by atoms with Crippen LogP contribution in [-0.4, -0.2) is 45.1 Å². The van der Waals surface area contributed by atoms with E-state index in [1.807, 2.05) is 22.6 Å². The molecular weight excluding hydrogens is 452 g/mol. The molecular formula is C26H29ClN4O3. The fourth-order valence-electron chi connectivity index (χ4n) is 4.47. The van der Waals surface area contributed by atoms with Crippen molar-refractivity contribution in [1.82, 2.24) is 14.5 Å². The highest BCUT2D eigenvalue weighted by molar-refractivity contribution is 6.30. The third kappa shape index (κ3) is 5.30. The van der Waals surface area contributed by atoms with Crippen LogP contribution < -0.4 is 5.32 Å². The molecule has 1 aromatic heterocycles. The lowest BCUT2D eigenvalue weighted by molar-refractivity contribution is -0.117. The minimum atomic E-state index is -0.329. The van der Waals surface area contributed by atoms with Crippen LogP contribution >= 0.6 is 11.6 Å². The number of carbonyl (C=O) groups is 3. The van der Waals surface area contributed by atoms with Gasteiger partial charge in [0.15, 0.2) is 0 Å². The van der Waals surface area contributed by atoms with Crippen LogP contribution in [0, 0.1) is 0 Å². The zero-order chi connectivity index (χ0) is 24.2. The van der Waals surface area contributed by atoms with Gasteiger partial charge in [-0.2, -0.15) is 0 Å². The van der Waals surface area contributed by atoms with Gasteiger partial charge in [-0.3, -0.25) is 19.7 Å². The van der Waals surface area contributed by atoms with Crippen LogP contribution in [0.25, 0.3) is 11.0 Å². The lowest BCUT2D eigenvalue weighted by Gasteiger charge is -2.31. The summed E-state index contributed by atoms with van der Waals surface area (Å²) < 4.78 is 1.81. The Labute approximate surface area is 204 Å². The van der Waals surface area contributed by atoms with Crippen molar-refractivity contribution in [2.75, 3.05) is 12.4 Å². The minimum Gasteiger partial charge on any atom is -0.339 e. The molecule has 0 radical (unpaired) electrons. The molecule has 1 heterocycles. The maximum Gasteiger partial charge on any atom is 0.257 e. The van der Waals surface area contributed by atoms with Gasteiger partial charge in [0.1, 0.15) is 5.78 Å². The molecule has 0 spiro atoms. The Balaban J connectivity index is 1.63. The molecule has 2 amide bonds. The highest BCUT2D eigenvalue weighted by Gasteiger charge is 2.24. The highest BCUT2D eigenvalue weighted by atomic mass is 35.5. The molecule has 1 fully saturated rings. The summed E-state index contributed by atoms with van der Waals surface area (Å²) >= 11 is 5.93. The average molecular weight is 481 g/mol. The molecule has 8 heteroatoms. The summed E-state index contributed by atoms with van der Waals surface area (Å²) in [4.78, 5) is 44.0. The van der Waals surface area contributed by atoms with Crippen LogP contribution in [0.3, 0.4) is 0 Å². The molecule has 4 rings (SSSR count). The largest absolute Gasteiger partial charge is 0.339 e. The molecule has 0 atom stereocenters. The van der Waals surface area contributed by atoms with Gasteiger partial charge in [0.05, 0.1) is 11.0 Å². The number of carbonyl (C=O) groups excluding carboxylic acids is 3. The Hall–Kier alpha value is -3.19. The zero-order valence-electron chi connectivity index (χ0n) is 19.5. The van der Waals surface area contributed by atoms with Crippen LogP contribution in [0.5, 0.6) is 0 Å². The van der Waals surface area contributed by atoms with E-state index in [0.717, 1.165) is 31.2 Å². The van der Waals surface area contributed by atoms with E-state index in [2.05, 4.69) is 10.3 Å². The molecule has 34 heavy (non-hydrogen) atoms. The SMILES string of the molecule is CC(=O)CCn1c(NC(=O)c2ccc(Cl)cc2)nc2cc(C(=O)N(C)C3CCCCC3)ccc21. The number of halogens is 1. The monoisotopic (exact) mass is 480 g/mol. The summed E-state index contributed by atoms with van der Waals surface area (Å²) in [5.41, 5.74) is 2.36. The summed E-state index contributed by atoms with van der Waals surface area (Å²) in [5.74, 6) is 0.0161. The number of anilines is 1. The number of nitrogens with one attached hydrogen (secondary N) is 1. The van der Waals surface area contributed by atoms with E-state index in [1.165, 1.54) is 13.3 Å². The van der Waals surface area contributed by atoms with Crippen molar-refractivity contribution >= 4 is 46.2 Å². The van der Waals surface area contributed by atoms with Crippen molar-refractivity contribution in [2.24, 2.45) is 0 Å². The molecule has 2 aromatic carbocycles. The van der Waals surface area contributed by atoms with Gasteiger partial charge in [-0.25, -0.2) is 4.98 Å². The third-order valence-corrected chi connectivity index (χ3v) is 6.71. The van der Waals surface area contributed by atoms with Gasteiger partial charge < -0.3 is 9.47 Å². The van der Waals surface area contributed by atoms with Gasteiger partial charge in [-0.15, -0.1) is 0 Å². The smallest absolute Gasteiger partial charge is 0.257 e. The van der Waals surface area contributed by atoms with Crippen LogP contribution in [0.2, 0.25) is 5.02 Å². The first-order valence-corrected chi connectivity index (χ1v) is 12.0. The van der Waals surface area contributed by atoms with Crippen molar-refractivity contribution in [3.8, 4) is 0 Å². The quantitative estimate of drug-likeness (QED) is 0.495. The average Bonchev–Trinajstić information content (AvgIpc) is 3.18. The van der Waals surface area contributed by atoms with E-state index in [4.69, 9.17) is 11.6 Å². The molecule has 1 aliphatic carbocycles. The maximum absolute atomic E-state index is 13.2. The van der Waals surface area contributed by atoms with E-state index in [1.54, 1.807) is 36.4 Å². The number of Topliss-reactive ketones (excluding diaryl/α,β-unsaturated/α-hetero) is 1. The highest BCUT2D eigenvalue weighted by Crippen LogP contribution is 2.26. The van der Waals surface area contributed by atoms with Gasteiger partial charge >= 0.3 is 0 Å². The van der Waals surface area contributed by atoms with Crippen molar-refractivity contribution in [2.45, 2.75) is 58.0 Å². The number of imidazole rings is 1. The molecule has 0 saturated heterocycles. The normalized spacial score (nSPS) is 14.2. The number of aryl methyl sites for hydroxylation is 1. The number of nitrogens with zero attached hydrogens (tertiary/aromatic N) is 3. The number of amides is 2. The van der Waals surface area contributed by atoms with Crippen LogP contribution in [-0.2, 0) is 11.3 Å². The molecule has 1 saturated carbocycles. The molecule has 0 aliphatic heterocycles. The Morgan fingerprint density at radius 1 is 1.06 bits per heavy atom. The van der Waals surface area contributed by atoms with E-state index < -0.39 is 0 Å². The number of ketones is 1. The fraction of sp³-hybridized carbons (Fsp3) is 0.385. The summed E-state index contributed by atoms with van der Waals surface area (Å²) in [6, 6.07) is 12.2. The lowest BCUT2D eigenvalue weighted by Crippen LogP contribution is -2.38. The van der Waals surface area contributed by atoms with Gasteiger partial charge in [0.25, 0.3) is 11.8 Å². The molecule has 178 valence electrons. The lowest BCUT2D eigenvalue weighted by atomic mass is 9.94. The van der Waals surface area contributed by atoms with E-state index in [-0.39, 0.29) is 23.6 Å². The number of rotatable bonds is 7. The van der Waals surface area contributed by atoms with Crippen molar-refractivity contribution in [3.63, 3.8) is 0 Å². The first-order chi connectivity index (χ1) is 16.3. The van der Waals surface area contributed by atoms with E-state index >= 15 is 0 Å². The Bertz CT molecular complexity index is 1210. The number of hydrogen-bond donors (Lipinski definition) is 1. The van der Waals surface area contributed by atoms with Gasteiger partial charge in [-0.1, -0.05) is 30.9 Å². The first-order valence-electron chi connectivity index (χ1n) is 11.7. The molecule has 0 unspecified atom stereocenters. The number of hydrogen-bond acceptors (Lipinski definition) is 4. The van der Waals surface area contributed by atoms with Crippen molar-refractivity contribution < 1.29 is 14.4 Å². The Morgan fingerprint density at radius 2 is 1.74 bits per heavy atom. The summed E-state index contributed by atoms with van der Waals surface area (Å²) in [7, 11) is 1.87. The molecule has 7 nitrogen and oxygen atoms in total. The molecule has 1 N–H and O–H groups in total. The van der Waals surface area contributed by atoms with Crippen LogP contribution in [0.4, 0.5) is 5.95 Å². The van der Waals surface area contributed by atoms with E-state index in [9.17, 15) is 14.4 Å². The topological polar surface area (TPSA) is 84.3 Å². The maximum atomic E-state index is 13.2. The second kappa shape index (κ2) is 10.4. The fourth-order valence-corrected chi connectivity index (χ4v) is 4.59. The third-order valence-electron chi connectivity index (χ3n) is 6.46. The van der Waals surface area contributed by atoms with Crippen molar-refractivity contribution in [1.29, 1.82) is 0 Å². The Morgan fingerprint density at radius 3 is 2.41 bits per heavy atom. The number of benzene rings is 2. The van der Waals surface area contributed by atoms with Gasteiger partial charge in [0.2, 0.25) is 5.95 Å². The summed E-state index contributed by atoms with van der Waals surface area (Å²) in [6.07, 6.45) is 5.90. The standard InChI is InChI=1S/C26H29ClN4O3/c1-17(32)14-15-31-23-13-10-19(25(34)30(2)21-6-4-3-5-7-21)16-22(23)28-26(31)29-24(33)18-8-11-20(27)12-9-18/h8-13,16,21H,3-7,14-15H2,1-2H3,(H,28,29,33). The molecule has 1 aliphatic rings. The second-order valence-corrected chi connectivity index (χ2v) is 9.35. The van der Waals surface area contributed by atoms with E-state index in [0.29, 0.717) is 40.6 Å². The first kappa shape index (κ1) is 24.0. The zero-order valence-corrected chi connectivity index (χ0v) is 20.3. The minimum absolute atomic E-state index is 0.0289. The number of aromatic nitrogens is 2. The van der Waals surface area contributed by atoms with Crippen LogP contribution in [0.1, 0.15) is 66.2 Å². The predicted octanol–water partition coefficient (Wildman–Crippen LogP) is 5.33.